The van der Waals surface area contributed by atoms with Crippen LogP contribution in [0.1, 0.15) is 49.7 Å². The number of rotatable bonds is 8. The Bertz CT molecular complexity index is 1140. The molecule has 5 rings (SSSR count). The molecular formula is C26H27ClN2O5. The van der Waals surface area contributed by atoms with Crippen LogP contribution in [0.15, 0.2) is 59.7 Å². The van der Waals surface area contributed by atoms with E-state index in [0.29, 0.717) is 18.1 Å². The second kappa shape index (κ2) is 8.80. The number of aliphatic hydroxyl groups excluding tert-OH is 1. The van der Waals surface area contributed by atoms with Gasteiger partial charge in [-0.15, -0.1) is 0 Å². The number of aliphatic hydroxyl groups is 1. The predicted octanol–water partition coefficient (Wildman–Crippen LogP) is 5.10. The molecule has 2 aromatic rings. The van der Waals surface area contributed by atoms with Crippen molar-refractivity contribution in [3.05, 3.63) is 85.9 Å². The highest BCUT2D eigenvalue weighted by Crippen LogP contribution is 2.53. The summed E-state index contributed by atoms with van der Waals surface area (Å²) in [5.74, 6) is -0.0585. The molecule has 2 aliphatic carbocycles. The topological polar surface area (TPSA) is 92.9 Å². The summed E-state index contributed by atoms with van der Waals surface area (Å²) >= 11 is 6.20. The molecule has 1 amide bonds. The monoisotopic (exact) mass is 482 g/mol. The van der Waals surface area contributed by atoms with Gasteiger partial charge in [0.1, 0.15) is 0 Å². The first-order chi connectivity index (χ1) is 16.4. The highest BCUT2D eigenvalue weighted by atomic mass is 35.5. The third-order valence-electron chi connectivity index (χ3n) is 7.36. The van der Waals surface area contributed by atoms with Gasteiger partial charge in [-0.05, 0) is 61.8 Å². The Morgan fingerprint density at radius 3 is 2.35 bits per heavy atom. The first kappa shape index (κ1) is 23.0. The van der Waals surface area contributed by atoms with Crippen LogP contribution in [0.2, 0.25) is 5.02 Å². The zero-order valence-electron chi connectivity index (χ0n) is 18.8. The van der Waals surface area contributed by atoms with Gasteiger partial charge in [-0.1, -0.05) is 35.9 Å². The van der Waals surface area contributed by atoms with Gasteiger partial charge in [0.15, 0.2) is 5.72 Å². The number of amides is 1. The Morgan fingerprint density at radius 1 is 1.06 bits per heavy atom. The van der Waals surface area contributed by atoms with Crippen molar-refractivity contribution in [2.75, 3.05) is 13.2 Å². The number of carbonyl (C=O) groups is 1. The predicted molar refractivity (Wildman–Crippen MR) is 127 cm³/mol. The molecule has 3 aliphatic rings. The number of halogens is 1. The smallest absolute Gasteiger partial charge is 0.269 e. The Morgan fingerprint density at radius 2 is 1.74 bits per heavy atom. The lowest BCUT2D eigenvalue weighted by Gasteiger charge is -2.42. The van der Waals surface area contributed by atoms with E-state index in [4.69, 9.17) is 16.3 Å². The molecule has 1 atom stereocenters. The van der Waals surface area contributed by atoms with E-state index >= 15 is 0 Å². The lowest BCUT2D eigenvalue weighted by Crippen LogP contribution is -2.48. The molecule has 1 N–H and O–H groups in total. The van der Waals surface area contributed by atoms with Crippen LogP contribution in [0.5, 0.6) is 0 Å². The van der Waals surface area contributed by atoms with E-state index in [1.807, 2.05) is 12.1 Å². The minimum absolute atomic E-state index is 0.00718. The van der Waals surface area contributed by atoms with Crippen molar-refractivity contribution in [2.24, 2.45) is 5.41 Å². The maximum Gasteiger partial charge on any atom is 0.269 e. The average Bonchev–Trinajstić information content (AvgIpc) is 3.60. The molecule has 7 nitrogen and oxygen atoms in total. The Kier molecular flexibility index (Phi) is 5.96. The van der Waals surface area contributed by atoms with Gasteiger partial charge in [-0.2, -0.15) is 0 Å². The number of benzene rings is 2. The fraction of sp³-hybridized carbons (Fsp3) is 0.423. The van der Waals surface area contributed by atoms with Crippen LogP contribution in [0.25, 0.3) is 0 Å². The van der Waals surface area contributed by atoms with Crippen LogP contribution in [0.4, 0.5) is 5.69 Å². The maximum absolute atomic E-state index is 13.8. The summed E-state index contributed by atoms with van der Waals surface area (Å²) in [5.41, 5.74) is 2.05. The Hall–Kier alpha value is -2.74. The van der Waals surface area contributed by atoms with Gasteiger partial charge in [0.2, 0.25) is 0 Å². The number of non-ortho nitro benzene ring substituents is 1. The van der Waals surface area contributed by atoms with Crippen molar-refractivity contribution < 1.29 is 19.6 Å². The molecule has 1 saturated carbocycles. The van der Waals surface area contributed by atoms with Crippen LogP contribution in [0.3, 0.4) is 0 Å². The minimum atomic E-state index is -1.09. The quantitative estimate of drug-likeness (QED) is 0.417. The normalized spacial score (nSPS) is 23.2. The number of hydrogen-bond acceptors (Lipinski definition) is 5. The second-order valence-corrected chi connectivity index (χ2v) is 10.0. The summed E-state index contributed by atoms with van der Waals surface area (Å²) in [4.78, 5) is 26.2. The zero-order chi connectivity index (χ0) is 23.9. The van der Waals surface area contributed by atoms with Crippen molar-refractivity contribution in [1.29, 1.82) is 0 Å². The number of ether oxygens (including phenoxy) is 1. The van der Waals surface area contributed by atoms with E-state index in [0.717, 1.165) is 54.4 Å². The van der Waals surface area contributed by atoms with E-state index in [1.54, 1.807) is 29.2 Å². The maximum atomic E-state index is 13.8. The van der Waals surface area contributed by atoms with E-state index in [2.05, 4.69) is 0 Å². The van der Waals surface area contributed by atoms with Gasteiger partial charge in [0, 0.05) is 40.3 Å². The second-order valence-electron chi connectivity index (χ2n) is 9.58. The fourth-order valence-electron chi connectivity index (χ4n) is 5.11. The van der Waals surface area contributed by atoms with Gasteiger partial charge in [0.05, 0.1) is 18.1 Å². The Balaban J connectivity index is 1.60. The molecule has 0 saturated heterocycles. The van der Waals surface area contributed by atoms with Crippen LogP contribution < -0.4 is 0 Å². The van der Waals surface area contributed by atoms with Crippen LogP contribution in [-0.4, -0.2) is 34.1 Å². The molecule has 8 heteroatoms. The molecule has 0 bridgehead atoms. The first-order valence-electron chi connectivity index (χ1n) is 11.7. The molecule has 1 aliphatic heterocycles. The van der Waals surface area contributed by atoms with Gasteiger partial charge in [0.25, 0.3) is 11.6 Å². The summed E-state index contributed by atoms with van der Waals surface area (Å²) in [5, 5.41) is 21.6. The summed E-state index contributed by atoms with van der Waals surface area (Å²) in [6.07, 6.45) is 5.17. The molecule has 34 heavy (non-hydrogen) atoms. The largest absolute Gasteiger partial charge is 0.396 e. The summed E-state index contributed by atoms with van der Waals surface area (Å²) < 4.78 is 6.76. The van der Waals surface area contributed by atoms with Crippen molar-refractivity contribution in [3.8, 4) is 0 Å². The Labute approximate surface area is 203 Å². The molecule has 1 unspecified atom stereocenters. The highest BCUT2D eigenvalue weighted by Gasteiger charge is 2.55. The fourth-order valence-corrected chi connectivity index (χ4v) is 5.24. The molecular weight excluding hydrogens is 456 g/mol. The number of nitro benzene ring substituents is 1. The summed E-state index contributed by atoms with van der Waals surface area (Å²) in [6.45, 7) is 0.636. The van der Waals surface area contributed by atoms with Crippen LogP contribution in [0, 0.1) is 15.5 Å². The third-order valence-corrected chi connectivity index (χ3v) is 7.62. The molecule has 1 fully saturated rings. The molecule has 178 valence electrons. The van der Waals surface area contributed by atoms with E-state index in [9.17, 15) is 20.0 Å². The van der Waals surface area contributed by atoms with Crippen molar-refractivity contribution in [1.82, 2.24) is 4.90 Å². The highest BCUT2D eigenvalue weighted by molar-refractivity contribution is 6.30. The molecule has 0 spiro atoms. The number of nitrogens with zero attached hydrogens (tertiary/aromatic N) is 2. The molecule has 1 heterocycles. The van der Waals surface area contributed by atoms with Crippen LogP contribution in [-0.2, 0) is 21.8 Å². The van der Waals surface area contributed by atoms with E-state index in [1.165, 1.54) is 12.1 Å². The SMILES string of the molecule is O=C1C2=C(CCCC2)C(OCC2(CO)CC2)(c2ccc(Cl)cc2)N1Cc1ccc([N+](=O)[O-])cc1. The first-order valence-corrected chi connectivity index (χ1v) is 12.0. The van der Waals surface area contributed by atoms with Crippen molar-refractivity contribution >= 4 is 23.2 Å². The zero-order valence-corrected chi connectivity index (χ0v) is 19.6. The number of nitro groups is 1. The van der Waals surface area contributed by atoms with Gasteiger partial charge < -0.3 is 9.84 Å². The minimum Gasteiger partial charge on any atom is -0.396 e. The third kappa shape index (κ3) is 3.91. The van der Waals surface area contributed by atoms with Crippen LogP contribution >= 0.6 is 11.6 Å². The lowest BCUT2D eigenvalue weighted by atomic mass is 9.84. The molecule has 2 aromatic carbocycles. The lowest BCUT2D eigenvalue weighted by molar-refractivity contribution is -0.384. The van der Waals surface area contributed by atoms with Gasteiger partial charge >= 0.3 is 0 Å². The van der Waals surface area contributed by atoms with Crippen molar-refractivity contribution in [3.63, 3.8) is 0 Å². The van der Waals surface area contributed by atoms with Gasteiger partial charge in [-0.3, -0.25) is 19.8 Å². The molecule has 0 aromatic heterocycles. The van der Waals surface area contributed by atoms with Crippen molar-refractivity contribution in [2.45, 2.75) is 50.8 Å². The van der Waals surface area contributed by atoms with Gasteiger partial charge in [-0.25, -0.2) is 0 Å². The summed E-state index contributed by atoms with van der Waals surface area (Å²) in [7, 11) is 0. The standard InChI is InChI=1S/C26H27ClN2O5/c27-20-9-7-19(8-10-20)26(34-17-25(16-30)13-14-25)23-4-2-1-3-22(23)24(31)28(26)15-18-5-11-21(12-6-18)29(32)33/h5-12,30H,1-4,13-17H2. The van der Waals surface area contributed by atoms with E-state index in [-0.39, 0.29) is 30.2 Å². The average molecular weight is 483 g/mol. The number of carbonyl (C=O) groups excluding carboxylic acids is 1. The number of hydrogen-bond donors (Lipinski definition) is 1. The van der Waals surface area contributed by atoms with E-state index < -0.39 is 10.6 Å². The summed E-state index contributed by atoms with van der Waals surface area (Å²) in [6, 6.07) is 13.7. The molecule has 0 radical (unpaired) electrons.